The van der Waals surface area contributed by atoms with Crippen molar-refractivity contribution in [1.82, 2.24) is 10.6 Å². The number of ether oxygens (including phenoxy) is 3. The van der Waals surface area contributed by atoms with E-state index in [0.717, 1.165) is 51.7 Å². The smallest absolute Gasteiger partial charge is 0.407 e. The molecule has 0 aromatic rings. The van der Waals surface area contributed by atoms with Crippen molar-refractivity contribution in [3.63, 3.8) is 0 Å². The van der Waals surface area contributed by atoms with Gasteiger partial charge >= 0.3 is 6.09 Å². The summed E-state index contributed by atoms with van der Waals surface area (Å²) in [5.74, 6) is 0.713. The van der Waals surface area contributed by atoms with E-state index in [-0.39, 0.29) is 23.7 Å². The average Bonchev–Trinajstić information content (AvgIpc) is 3.00. The van der Waals surface area contributed by atoms with Crippen molar-refractivity contribution < 1.29 is 23.8 Å². The van der Waals surface area contributed by atoms with Crippen LogP contribution >= 0.6 is 0 Å². The maximum atomic E-state index is 12.1. The van der Waals surface area contributed by atoms with Gasteiger partial charge in [-0.15, -0.1) is 0 Å². The molecule has 1 unspecified atom stereocenters. The van der Waals surface area contributed by atoms with Crippen LogP contribution in [0.5, 0.6) is 0 Å². The van der Waals surface area contributed by atoms with E-state index in [1.807, 2.05) is 6.92 Å². The van der Waals surface area contributed by atoms with E-state index in [1.54, 1.807) is 0 Å². The number of carbonyl (C=O) groups excluding carboxylic acids is 2. The van der Waals surface area contributed by atoms with Crippen molar-refractivity contribution in [2.45, 2.75) is 201 Å². The largest absolute Gasteiger partial charge is 0.449 e. The molecule has 0 saturated carbocycles. The van der Waals surface area contributed by atoms with Crippen molar-refractivity contribution >= 4 is 12.0 Å². The second kappa shape index (κ2) is 32.2. The molecule has 0 saturated heterocycles. The molecular weight excluding hydrogens is 576 g/mol. The Balaban J connectivity index is 3.45. The molecule has 0 aliphatic carbocycles. The summed E-state index contributed by atoms with van der Waals surface area (Å²) in [6.45, 7) is 16.0. The lowest BCUT2D eigenvalue weighted by atomic mass is 10.0. The standard InChI is InChI=1S/C39H78N2O5/c1-7-8-9-10-11-12-13-14-15-16-17-18-19-20-21-25-32-44-36(4)28-33-45-38(43)41-30-24-22-23-26-37(42)40-31-29-39(5,6)46-34-27-35(2)3/h35-36H,7-34H2,1-6H3,(H,40,42)(H,41,43). The summed E-state index contributed by atoms with van der Waals surface area (Å²) in [5.41, 5.74) is -0.224. The molecule has 0 aromatic carbocycles. The van der Waals surface area contributed by atoms with Crippen molar-refractivity contribution in [3.8, 4) is 0 Å². The average molecular weight is 655 g/mol. The van der Waals surface area contributed by atoms with Gasteiger partial charge in [-0.05, 0) is 58.8 Å². The van der Waals surface area contributed by atoms with Gasteiger partial charge in [0.2, 0.25) is 5.91 Å². The normalized spacial score (nSPS) is 12.4. The van der Waals surface area contributed by atoms with Gasteiger partial charge in [0, 0.05) is 39.1 Å². The van der Waals surface area contributed by atoms with Crippen molar-refractivity contribution in [1.29, 1.82) is 0 Å². The van der Waals surface area contributed by atoms with Crippen LogP contribution in [0, 0.1) is 5.92 Å². The molecule has 0 heterocycles. The summed E-state index contributed by atoms with van der Waals surface area (Å²) < 4.78 is 17.2. The number of rotatable bonds is 34. The molecular formula is C39H78N2O5. The van der Waals surface area contributed by atoms with Crippen LogP contribution < -0.4 is 10.6 Å². The first-order valence-electron chi connectivity index (χ1n) is 19.6. The molecule has 0 fully saturated rings. The Morgan fingerprint density at radius 3 is 1.72 bits per heavy atom. The molecule has 7 nitrogen and oxygen atoms in total. The number of hydrogen-bond acceptors (Lipinski definition) is 5. The predicted octanol–water partition coefficient (Wildman–Crippen LogP) is 10.7. The topological polar surface area (TPSA) is 85.9 Å². The van der Waals surface area contributed by atoms with E-state index in [2.05, 4.69) is 45.3 Å². The van der Waals surface area contributed by atoms with Gasteiger partial charge in [0.15, 0.2) is 0 Å². The highest BCUT2D eigenvalue weighted by molar-refractivity contribution is 5.75. The van der Waals surface area contributed by atoms with Crippen LogP contribution in [0.4, 0.5) is 4.79 Å². The Kier molecular flexibility index (Phi) is 31.3. The third kappa shape index (κ3) is 34.0. The van der Waals surface area contributed by atoms with Crippen molar-refractivity contribution in [2.75, 3.05) is 32.9 Å². The van der Waals surface area contributed by atoms with Gasteiger partial charge in [-0.3, -0.25) is 4.79 Å². The molecule has 0 bridgehead atoms. The molecule has 274 valence electrons. The fourth-order valence-corrected chi connectivity index (χ4v) is 5.40. The van der Waals surface area contributed by atoms with Crippen LogP contribution in [0.2, 0.25) is 0 Å². The van der Waals surface area contributed by atoms with Gasteiger partial charge < -0.3 is 24.8 Å². The molecule has 0 rings (SSSR count). The van der Waals surface area contributed by atoms with E-state index >= 15 is 0 Å². The molecule has 46 heavy (non-hydrogen) atoms. The van der Waals surface area contributed by atoms with Crippen LogP contribution in [0.15, 0.2) is 0 Å². The Bertz CT molecular complexity index is 685. The highest BCUT2D eigenvalue weighted by Gasteiger charge is 2.18. The molecule has 0 radical (unpaired) electrons. The van der Waals surface area contributed by atoms with Gasteiger partial charge in [0.05, 0.1) is 18.3 Å². The maximum Gasteiger partial charge on any atom is 0.407 e. The lowest BCUT2D eigenvalue weighted by Gasteiger charge is -2.26. The second-order valence-corrected chi connectivity index (χ2v) is 14.5. The summed E-state index contributed by atoms with van der Waals surface area (Å²) in [4.78, 5) is 24.0. The predicted molar refractivity (Wildman–Crippen MR) is 195 cm³/mol. The lowest BCUT2D eigenvalue weighted by molar-refractivity contribution is -0.121. The fraction of sp³-hybridized carbons (Fsp3) is 0.949. The van der Waals surface area contributed by atoms with E-state index in [4.69, 9.17) is 14.2 Å². The number of alkyl carbamates (subject to hydrolysis) is 1. The quantitative estimate of drug-likeness (QED) is 0.0674. The summed E-state index contributed by atoms with van der Waals surface area (Å²) in [5, 5.41) is 5.81. The molecule has 0 aromatic heterocycles. The third-order valence-corrected chi connectivity index (χ3v) is 8.74. The van der Waals surface area contributed by atoms with E-state index < -0.39 is 0 Å². The minimum Gasteiger partial charge on any atom is -0.449 e. The van der Waals surface area contributed by atoms with Gasteiger partial charge in [-0.2, -0.15) is 0 Å². The van der Waals surface area contributed by atoms with Crippen LogP contribution in [-0.2, 0) is 19.0 Å². The van der Waals surface area contributed by atoms with Crippen molar-refractivity contribution in [3.05, 3.63) is 0 Å². The summed E-state index contributed by atoms with van der Waals surface area (Å²) in [7, 11) is 0. The zero-order valence-corrected chi connectivity index (χ0v) is 31.5. The zero-order valence-electron chi connectivity index (χ0n) is 31.5. The minimum absolute atomic E-state index is 0.0801. The lowest BCUT2D eigenvalue weighted by Crippen LogP contribution is -2.33. The number of carbonyl (C=O) groups is 2. The van der Waals surface area contributed by atoms with Gasteiger partial charge in [-0.25, -0.2) is 4.79 Å². The number of hydrogen-bond donors (Lipinski definition) is 2. The third-order valence-electron chi connectivity index (χ3n) is 8.74. The van der Waals surface area contributed by atoms with Crippen LogP contribution in [0.3, 0.4) is 0 Å². The van der Waals surface area contributed by atoms with Gasteiger partial charge in [0.1, 0.15) is 0 Å². The molecule has 2 amide bonds. The Labute approximate surface area is 285 Å². The van der Waals surface area contributed by atoms with E-state index in [0.29, 0.717) is 38.5 Å². The SMILES string of the molecule is CCCCCCCCCCCCCCCCCCOC(C)CCOC(=O)NCCCCCC(=O)NCCC(C)(C)OCCC(C)C. The Morgan fingerprint density at radius 2 is 1.15 bits per heavy atom. The van der Waals surface area contributed by atoms with Gasteiger partial charge in [-0.1, -0.05) is 124 Å². The maximum absolute atomic E-state index is 12.1. The summed E-state index contributed by atoms with van der Waals surface area (Å²) in [6.07, 6.45) is 27.3. The van der Waals surface area contributed by atoms with E-state index in [1.165, 1.54) is 96.3 Å². The highest BCUT2D eigenvalue weighted by Crippen LogP contribution is 2.16. The Hall–Kier alpha value is -1.34. The molecule has 1 atom stereocenters. The number of amides is 2. The molecule has 2 N–H and O–H groups in total. The zero-order chi connectivity index (χ0) is 34.1. The number of nitrogens with one attached hydrogen (secondary N) is 2. The Morgan fingerprint density at radius 1 is 0.609 bits per heavy atom. The van der Waals surface area contributed by atoms with Gasteiger partial charge in [0.25, 0.3) is 0 Å². The highest BCUT2D eigenvalue weighted by atomic mass is 16.5. The molecule has 0 aliphatic rings. The monoisotopic (exact) mass is 655 g/mol. The van der Waals surface area contributed by atoms with Crippen LogP contribution in [-0.4, -0.2) is 56.6 Å². The summed E-state index contributed by atoms with van der Waals surface area (Å²) in [6, 6.07) is 0. The van der Waals surface area contributed by atoms with E-state index in [9.17, 15) is 9.59 Å². The van der Waals surface area contributed by atoms with Crippen LogP contribution in [0.1, 0.15) is 189 Å². The first-order chi connectivity index (χ1) is 22.2. The molecule has 0 spiro atoms. The molecule has 7 heteroatoms. The second-order valence-electron chi connectivity index (χ2n) is 14.5. The van der Waals surface area contributed by atoms with Crippen molar-refractivity contribution in [2.24, 2.45) is 5.92 Å². The fourth-order valence-electron chi connectivity index (χ4n) is 5.40. The molecule has 0 aliphatic heterocycles. The number of unbranched alkanes of at least 4 members (excludes halogenated alkanes) is 17. The first kappa shape index (κ1) is 44.7. The minimum atomic E-state index is -0.374. The summed E-state index contributed by atoms with van der Waals surface area (Å²) >= 11 is 0. The van der Waals surface area contributed by atoms with Crippen LogP contribution in [0.25, 0.3) is 0 Å². The first-order valence-corrected chi connectivity index (χ1v) is 19.6.